The minimum atomic E-state index is -2.23. The molecule has 6 nitrogen and oxygen atoms in total. The zero-order valence-electron chi connectivity index (χ0n) is 16.3. The molecule has 8 heteroatoms. The molecule has 0 amide bonds. The van der Waals surface area contributed by atoms with Gasteiger partial charge in [-0.05, 0) is 27.2 Å². The number of rotatable bonds is 9. The standard InChI is InChI=1S/C17H34O6P2/c1-12-8-14(22-24(4)5)17(21-12)11-19-25(6,7)23-15-9-13(2)20-16(15)10-18-3/h12-17H,6,8-11H2,1-5,7H3/t12-,13-,14+,15+,16+,17+,25?/m0/s1. The van der Waals surface area contributed by atoms with Crippen molar-refractivity contribution >= 4 is 21.8 Å². The maximum atomic E-state index is 6.22. The monoisotopic (exact) mass is 396 g/mol. The molecule has 2 fully saturated rings. The van der Waals surface area contributed by atoms with Gasteiger partial charge >= 0.3 is 0 Å². The second-order valence-electron chi connectivity index (χ2n) is 7.31. The molecule has 0 aromatic carbocycles. The van der Waals surface area contributed by atoms with E-state index >= 15 is 0 Å². The minimum Gasteiger partial charge on any atom is -0.382 e. The van der Waals surface area contributed by atoms with Crippen LogP contribution in [0.5, 0.6) is 0 Å². The highest BCUT2D eigenvalue weighted by Crippen LogP contribution is 2.48. The third-order valence-corrected chi connectivity index (χ3v) is 6.42. The molecule has 0 bridgehead atoms. The predicted molar refractivity (Wildman–Crippen MR) is 104 cm³/mol. The minimum absolute atomic E-state index is 0.0413. The molecule has 2 saturated heterocycles. The first-order valence-electron chi connectivity index (χ1n) is 8.88. The summed E-state index contributed by atoms with van der Waals surface area (Å²) in [6, 6.07) is 0. The van der Waals surface area contributed by atoms with Crippen molar-refractivity contribution in [2.75, 3.05) is 40.3 Å². The maximum absolute atomic E-state index is 6.22. The van der Waals surface area contributed by atoms with Crippen molar-refractivity contribution in [1.29, 1.82) is 0 Å². The van der Waals surface area contributed by atoms with Crippen LogP contribution in [0.15, 0.2) is 0 Å². The van der Waals surface area contributed by atoms with Crippen molar-refractivity contribution in [3.8, 4) is 0 Å². The number of hydrogen-bond donors (Lipinski definition) is 0. The van der Waals surface area contributed by atoms with E-state index < -0.39 is 15.5 Å². The Morgan fingerprint density at radius 3 is 2.16 bits per heavy atom. The van der Waals surface area contributed by atoms with Gasteiger partial charge in [-0.1, -0.05) is 6.30 Å². The Hall–Kier alpha value is 0.490. The molecule has 25 heavy (non-hydrogen) atoms. The molecule has 0 aromatic rings. The summed E-state index contributed by atoms with van der Waals surface area (Å²) in [6.07, 6.45) is 6.22. The fourth-order valence-electron chi connectivity index (χ4n) is 3.34. The van der Waals surface area contributed by atoms with E-state index in [2.05, 4.69) is 33.5 Å². The lowest BCUT2D eigenvalue weighted by Gasteiger charge is -2.29. The first-order valence-corrected chi connectivity index (χ1v) is 13.3. The largest absolute Gasteiger partial charge is 0.382 e. The molecule has 0 N–H and O–H groups in total. The van der Waals surface area contributed by atoms with Gasteiger partial charge in [0.1, 0.15) is 19.5 Å². The summed E-state index contributed by atoms with van der Waals surface area (Å²) >= 11 is 0. The maximum Gasteiger partial charge on any atom is 0.115 e. The van der Waals surface area contributed by atoms with Crippen LogP contribution < -0.4 is 0 Å². The van der Waals surface area contributed by atoms with Crippen LogP contribution in [0.4, 0.5) is 0 Å². The Morgan fingerprint density at radius 1 is 1.04 bits per heavy atom. The molecule has 0 saturated carbocycles. The number of hydrogen-bond acceptors (Lipinski definition) is 6. The summed E-state index contributed by atoms with van der Waals surface area (Å²) < 4.78 is 35.4. The second kappa shape index (κ2) is 9.61. The Balaban J connectivity index is 1.86. The van der Waals surface area contributed by atoms with Crippen LogP contribution in [-0.2, 0) is 27.8 Å². The van der Waals surface area contributed by atoms with Gasteiger partial charge in [-0.15, -0.1) is 0 Å². The van der Waals surface area contributed by atoms with Crippen LogP contribution in [0.1, 0.15) is 26.7 Å². The molecule has 0 radical (unpaired) electrons. The van der Waals surface area contributed by atoms with Crippen molar-refractivity contribution in [2.24, 2.45) is 0 Å². The molecule has 148 valence electrons. The SMILES string of the molecule is C=P(C)(OC[C@H]1O[C@@H](C)C[C@H]1OP(C)C)O[C@@H]1C[C@H](C)O[C@@H]1COC. The van der Waals surface area contributed by atoms with E-state index in [0.717, 1.165) is 12.8 Å². The van der Waals surface area contributed by atoms with Gasteiger partial charge in [0.15, 0.2) is 0 Å². The Kier molecular flexibility index (Phi) is 8.38. The summed E-state index contributed by atoms with van der Waals surface area (Å²) in [5.41, 5.74) is 0. The summed E-state index contributed by atoms with van der Waals surface area (Å²) in [5.74, 6) is 0. The van der Waals surface area contributed by atoms with Gasteiger partial charge in [0.2, 0.25) is 0 Å². The summed E-state index contributed by atoms with van der Waals surface area (Å²) in [6.45, 7) is 11.3. The molecule has 2 aliphatic heterocycles. The molecule has 2 aliphatic rings. The average Bonchev–Trinajstić information content (AvgIpc) is 2.99. The van der Waals surface area contributed by atoms with Crippen molar-refractivity contribution in [3.05, 3.63) is 0 Å². The lowest BCUT2D eigenvalue weighted by atomic mass is 10.1. The van der Waals surface area contributed by atoms with Crippen molar-refractivity contribution in [2.45, 2.75) is 63.3 Å². The first kappa shape index (κ1) is 21.8. The van der Waals surface area contributed by atoms with E-state index in [1.165, 1.54) is 0 Å². The lowest BCUT2D eigenvalue weighted by Crippen LogP contribution is -2.30. The molecular weight excluding hydrogens is 362 g/mol. The smallest absolute Gasteiger partial charge is 0.115 e. The highest BCUT2D eigenvalue weighted by atomic mass is 31.2. The normalized spacial score (nSPS) is 38.4. The van der Waals surface area contributed by atoms with Gasteiger partial charge in [-0.25, -0.2) is 0 Å². The van der Waals surface area contributed by atoms with Crippen LogP contribution in [-0.4, -0.2) is 83.2 Å². The molecule has 0 aromatic heterocycles. The van der Waals surface area contributed by atoms with Crippen LogP contribution in [0.25, 0.3) is 0 Å². The van der Waals surface area contributed by atoms with Crippen LogP contribution in [0.2, 0.25) is 0 Å². The summed E-state index contributed by atoms with van der Waals surface area (Å²) in [4.78, 5) is 0. The van der Waals surface area contributed by atoms with Crippen LogP contribution >= 0.6 is 15.5 Å². The quantitative estimate of drug-likeness (QED) is 0.557. The Labute approximate surface area is 153 Å². The second-order valence-corrected chi connectivity index (χ2v) is 11.6. The summed E-state index contributed by atoms with van der Waals surface area (Å²) in [5, 5.41) is 0. The number of methoxy groups -OCH3 is 1. The van der Waals surface area contributed by atoms with Gasteiger partial charge in [-0.2, -0.15) is 0 Å². The average molecular weight is 396 g/mol. The molecule has 7 atom stereocenters. The van der Waals surface area contributed by atoms with Gasteiger partial charge in [0, 0.05) is 34.8 Å². The first-order chi connectivity index (χ1) is 11.7. The van der Waals surface area contributed by atoms with Crippen molar-refractivity contribution in [3.63, 3.8) is 0 Å². The van der Waals surface area contributed by atoms with E-state index in [1.54, 1.807) is 7.11 Å². The Morgan fingerprint density at radius 2 is 1.60 bits per heavy atom. The van der Waals surface area contributed by atoms with Gasteiger partial charge in [-0.3, -0.25) is 0 Å². The van der Waals surface area contributed by atoms with Gasteiger partial charge in [0.25, 0.3) is 0 Å². The zero-order valence-corrected chi connectivity index (χ0v) is 18.1. The Bertz CT molecular complexity index is 460. The van der Waals surface area contributed by atoms with E-state index in [9.17, 15) is 0 Å². The molecule has 2 rings (SSSR count). The van der Waals surface area contributed by atoms with Crippen molar-refractivity contribution < 1.29 is 27.8 Å². The van der Waals surface area contributed by atoms with Crippen molar-refractivity contribution in [1.82, 2.24) is 0 Å². The molecular formula is C17H34O6P2. The molecule has 2 heterocycles. The summed E-state index contributed by atoms with van der Waals surface area (Å²) in [7, 11) is -0.980. The van der Waals surface area contributed by atoms with E-state index in [0.29, 0.717) is 13.2 Å². The fraction of sp³-hybridized carbons (Fsp3) is 0.941. The van der Waals surface area contributed by atoms with E-state index in [-0.39, 0.29) is 36.6 Å². The topological polar surface area (TPSA) is 55.4 Å². The highest BCUT2D eigenvalue weighted by molar-refractivity contribution is 7.63. The van der Waals surface area contributed by atoms with Crippen LogP contribution in [0.3, 0.4) is 0 Å². The third-order valence-electron chi connectivity index (χ3n) is 4.32. The van der Waals surface area contributed by atoms with Gasteiger partial charge < -0.3 is 27.8 Å². The zero-order chi connectivity index (χ0) is 18.6. The van der Waals surface area contributed by atoms with E-state index in [4.69, 9.17) is 27.8 Å². The molecule has 0 aliphatic carbocycles. The third kappa shape index (κ3) is 6.86. The van der Waals surface area contributed by atoms with Gasteiger partial charge in [0.05, 0.1) is 37.6 Å². The highest BCUT2D eigenvalue weighted by Gasteiger charge is 2.38. The number of ether oxygens (including phenoxy) is 3. The van der Waals surface area contributed by atoms with Crippen LogP contribution in [0, 0.1) is 0 Å². The fourth-order valence-corrected chi connectivity index (χ4v) is 5.42. The van der Waals surface area contributed by atoms with E-state index in [1.807, 2.05) is 6.66 Å². The molecule has 1 unspecified atom stereocenters. The molecule has 0 spiro atoms. The lowest BCUT2D eigenvalue weighted by molar-refractivity contribution is -0.0277. The predicted octanol–water partition coefficient (Wildman–Crippen LogP) is 3.34.